The van der Waals surface area contributed by atoms with Crippen molar-refractivity contribution in [1.29, 1.82) is 0 Å². The monoisotopic (exact) mass is 209 g/mol. The summed E-state index contributed by atoms with van der Waals surface area (Å²) in [5.74, 6) is -0.0292. The van der Waals surface area contributed by atoms with Gasteiger partial charge in [-0.2, -0.15) is 0 Å². The van der Waals surface area contributed by atoms with Gasteiger partial charge in [-0.25, -0.2) is 0 Å². The Morgan fingerprint density at radius 3 is 2.80 bits per heavy atom. The van der Waals surface area contributed by atoms with E-state index in [1.807, 2.05) is 0 Å². The van der Waals surface area contributed by atoms with Gasteiger partial charge in [-0.3, -0.25) is 4.79 Å². The average molecular weight is 210 g/mol. The summed E-state index contributed by atoms with van der Waals surface area (Å²) in [4.78, 5) is 10.8. The fourth-order valence-corrected chi connectivity index (χ4v) is 0.839. The van der Waals surface area contributed by atoms with Crippen molar-refractivity contribution in [2.75, 3.05) is 11.9 Å². The SMILES string of the molecule is C[C@@H](CO)NC(=O)CCBr. The maximum atomic E-state index is 10.8. The number of rotatable bonds is 4. The Balaban J connectivity index is 3.37. The fourth-order valence-electron chi connectivity index (χ4n) is 0.478. The number of halogens is 1. The van der Waals surface area contributed by atoms with Gasteiger partial charge in [0.1, 0.15) is 0 Å². The van der Waals surface area contributed by atoms with Crippen LogP contribution in [0.4, 0.5) is 0 Å². The second-order valence-electron chi connectivity index (χ2n) is 2.09. The Kier molecular flexibility index (Phi) is 5.63. The van der Waals surface area contributed by atoms with Crippen molar-refractivity contribution >= 4 is 21.8 Å². The lowest BCUT2D eigenvalue weighted by molar-refractivity contribution is -0.121. The molecule has 0 aliphatic heterocycles. The highest BCUT2D eigenvalue weighted by molar-refractivity contribution is 9.09. The molecule has 0 radical (unpaired) electrons. The zero-order valence-corrected chi connectivity index (χ0v) is 7.52. The largest absolute Gasteiger partial charge is 0.394 e. The molecule has 0 aliphatic rings. The molecule has 0 unspecified atom stereocenters. The van der Waals surface area contributed by atoms with E-state index in [2.05, 4.69) is 21.2 Å². The first-order valence-corrected chi connectivity index (χ1v) is 4.29. The number of nitrogens with one attached hydrogen (secondary N) is 1. The van der Waals surface area contributed by atoms with Crippen LogP contribution in [0.1, 0.15) is 13.3 Å². The fraction of sp³-hybridized carbons (Fsp3) is 0.833. The summed E-state index contributed by atoms with van der Waals surface area (Å²) >= 11 is 3.14. The van der Waals surface area contributed by atoms with E-state index in [1.165, 1.54) is 0 Å². The van der Waals surface area contributed by atoms with Gasteiger partial charge in [0.05, 0.1) is 6.61 Å². The average Bonchev–Trinajstić information content (AvgIpc) is 1.88. The molecule has 0 aromatic rings. The molecule has 4 heteroatoms. The summed E-state index contributed by atoms with van der Waals surface area (Å²) in [6, 6.07) is -0.133. The molecule has 0 saturated heterocycles. The summed E-state index contributed by atoms with van der Waals surface area (Å²) in [7, 11) is 0. The predicted octanol–water partition coefficient (Wildman–Crippen LogP) is 0.268. The van der Waals surface area contributed by atoms with Crippen molar-refractivity contribution in [2.45, 2.75) is 19.4 Å². The van der Waals surface area contributed by atoms with Crippen LogP contribution in [0.2, 0.25) is 0 Å². The van der Waals surface area contributed by atoms with Crippen LogP contribution in [-0.4, -0.2) is 29.0 Å². The molecule has 0 bridgehead atoms. The zero-order chi connectivity index (χ0) is 7.98. The zero-order valence-electron chi connectivity index (χ0n) is 5.93. The van der Waals surface area contributed by atoms with E-state index in [0.717, 1.165) is 0 Å². The van der Waals surface area contributed by atoms with E-state index >= 15 is 0 Å². The Morgan fingerprint density at radius 1 is 1.80 bits per heavy atom. The van der Waals surface area contributed by atoms with E-state index in [-0.39, 0.29) is 18.6 Å². The third-order valence-corrected chi connectivity index (χ3v) is 1.40. The van der Waals surface area contributed by atoms with Crippen LogP contribution in [0.15, 0.2) is 0 Å². The Morgan fingerprint density at radius 2 is 2.40 bits per heavy atom. The summed E-state index contributed by atoms with van der Waals surface area (Å²) in [6.07, 6.45) is 0.463. The van der Waals surface area contributed by atoms with Crippen molar-refractivity contribution in [1.82, 2.24) is 5.32 Å². The van der Waals surface area contributed by atoms with Gasteiger partial charge in [0, 0.05) is 17.8 Å². The van der Waals surface area contributed by atoms with Crippen LogP contribution in [0, 0.1) is 0 Å². The molecule has 1 amide bonds. The maximum Gasteiger partial charge on any atom is 0.221 e. The highest BCUT2D eigenvalue weighted by Crippen LogP contribution is 1.88. The third-order valence-electron chi connectivity index (χ3n) is 1.00. The van der Waals surface area contributed by atoms with Crippen LogP contribution >= 0.6 is 15.9 Å². The third kappa shape index (κ3) is 4.76. The van der Waals surface area contributed by atoms with E-state index in [4.69, 9.17) is 5.11 Å². The van der Waals surface area contributed by atoms with Crippen LogP contribution in [0.25, 0.3) is 0 Å². The van der Waals surface area contributed by atoms with E-state index in [1.54, 1.807) is 6.92 Å². The minimum absolute atomic E-state index is 0.00593. The highest BCUT2D eigenvalue weighted by atomic mass is 79.9. The molecular formula is C6H12BrNO2. The predicted molar refractivity (Wildman–Crippen MR) is 43.1 cm³/mol. The maximum absolute atomic E-state index is 10.8. The van der Waals surface area contributed by atoms with Gasteiger partial charge in [0.15, 0.2) is 0 Å². The molecule has 0 heterocycles. The lowest BCUT2D eigenvalue weighted by atomic mass is 10.3. The van der Waals surface area contributed by atoms with E-state index in [9.17, 15) is 4.79 Å². The summed E-state index contributed by atoms with van der Waals surface area (Å²) in [5, 5.41) is 11.8. The van der Waals surface area contributed by atoms with E-state index in [0.29, 0.717) is 11.8 Å². The summed E-state index contributed by atoms with van der Waals surface area (Å²) in [6.45, 7) is 1.75. The van der Waals surface area contributed by atoms with Gasteiger partial charge in [-0.15, -0.1) is 0 Å². The number of alkyl halides is 1. The van der Waals surface area contributed by atoms with Gasteiger partial charge in [-0.1, -0.05) is 15.9 Å². The smallest absolute Gasteiger partial charge is 0.221 e. The molecule has 0 rings (SSSR count). The molecule has 0 spiro atoms. The molecule has 0 aliphatic carbocycles. The second-order valence-corrected chi connectivity index (χ2v) is 2.88. The first-order valence-electron chi connectivity index (χ1n) is 3.17. The highest BCUT2D eigenvalue weighted by Gasteiger charge is 2.03. The van der Waals surface area contributed by atoms with Crippen molar-refractivity contribution < 1.29 is 9.90 Å². The molecule has 2 N–H and O–H groups in total. The number of aliphatic hydroxyl groups is 1. The lowest BCUT2D eigenvalue weighted by Gasteiger charge is -2.08. The Hall–Kier alpha value is -0.0900. The van der Waals surface area contributed by atoms with Crippen LogP contribution < -0.4 is 5.32 Å². The van der Waals surface area contributed by atoms with Crippen LogP contribution in [0.3, 0.4) is 0 Å². The number of hydrogen-bond acceptors (Lipinski definition) is 2. The lowest BCUT2D eigenvalue weighted by Crippen LogP contribution is -2.34. The molecule has 60 valence electrons. The van der Waals surface area contributed by atoms with Crippen molar-refractivity contribution in [3.63, 3.8) is 0 Å². The Labute approximate surface area is 68.9 Å². The van der Waals surface area contributed by atoms with Crippen molar-refractivity contribution in [3.8, 4) is 0 Å². The van der Waals surface area contributed by atoms with Gasteiger partial charge >= 0.3 is 0 Å². The number of aliphatic hydroxyl groups excluding tert-OH is 1. The van der Waals surface area contributed by atoms with Gasteiger partial charge in [0.25, 0.3) is 0 Å². The Bertz CT molecular complexity index is 108. The molecule has 10 heavy (non-hydrogen) atoms. The minimum Gasteiger partial charge on any atom is -0.394 e. The molecule has 0 saturated carbocycles. The van der Waals surface area contributed by atoms with Crippen LogP contribution in [0.5, 0.6) is 0 Å². The second kappa shape index (κ2) is 5.68. The first kappa shape index (κ1) is 9.91. The van der Waals surface area contributed by atoms with Crippen molar-refractivity contribution in [2.24, 2.45) is 0 Å². The number of hydrogen-bond donors (Lipinski definition) is 2. The van der Waals surface area contributed by atoms with Gasteiger partial charge in [0.2, 0.25) is 5.91 Å². The quantitative estimate of drug-likeness (QED) is 0.654. The number of carbonyl (C=O) groups is 1. The number of amides is 1. The van der Waals surface area contributed by atoms with Crippen LogP contribution in [-0.2, 0) is 4.79 Å². The van der Waals surface area contributed by atoms with Gasteiger partial charge < -0.3 is 10.4 Å². The van der Waals surface area contributed by atoms with Crippen molar-refractivity contribution in [3.05, 3.63) is 0 Å². The minimum atomic E-state index is -0.133. The first-order chi connectivity index (χ1) is 4.70. The topological polar surface area (TPSA) is 49.3 Å². The standard InChI is InChI=1S/C6H12BrNO2/c1-5(4-9)8-6(10)2-3-7/h5,9H,2-4H2,1H3,(H,8,10)/t5-/m0/s1. The molecule has 3 nitrogen and oxygen atoms in total. The molecule has 0 aromatic carbocycles. The number of carbonyl (C=O) groups excluding carboxylic acids is 1. The van der Waals surface area contributed by atoms with E-state index < -0.39 is 0 Å². The molecule has 1 atom stereocenters. The summed E-state index contributed by atoms with van der Waals surface area (Å²) < 4.78 is 0. The molecule has 0 aromatic heterocycles. The normalized spacial score (nSPS) is 12.7. The molecular weight excluding hydrogens is 198 g/mol. The van der Waals surface area contributed by atoms with Gasteiger partial charge in [-0.05, 0) is 6.92 Å². The summed E-state index contributed by atoms with van der Waals surface area (Å²) in [5.41, 5.74) is 0. The molecule has 0 fully saturated rings.